The Kier molecular flexibility index (Phi) is 5.95. The van der Waals surface area contributed by atoms with E-state index in [0.717, 1.165) is 11.1 Å². The second-order valence-corrected chi connectivity index (χ2v) is 9.17. The van der Waals surface area contributed by atoms with Crippen molar-refractivity contribution in [1.82, 2.24) is 9.29 Å². The van der Waals surface area contributed by atoms with Crippen LogP contribution in [0.25, 0.3) is 0 Å². The first-order chi connectivity index (χ1) is 15.0. The molecule has 2 aromatic carbocycles. The van der Waals surface area contributed by atoms with Gasteiger partial charge in [-0.1, -0.05) is 30.3 Å². The van der Waals surface area contributed by atoms with Gasteiger partial charge in [0.15, 0.2) is 11.5 Å². The number of rotatable bonds is 6. The average molecular weight is 441 g/mol. The van der Waals surface area contributed by atoms with Crippen LogP contribution in [0.5, 0.6) is 11.5 Å². The van der Waals surface area contributed by atoms with E-state index in [2.05, 4.69) is 4.98 Å². The molecule has 4 rings (SSSR count). The highest BCUT2D eigenvalue weighted by atomic mass is 32.2. The van der Waals surface area contributed by atoms with Crippen LogP contribution in [0.2, 0.25) is 0 Å². The minimum Gasteiger partial charge on any atom is -0.493 e. The van der Waals surface area contributed by atoms with E-state index in [-0.39, 0.29) is 17.9 Å². The molecular weight excluding hydrogens is 416 g/mol. The van der Waals surface area contributed by atoms with Crippen molar-refractivity contribution in [3.8, 4) is 11.5 Å². The monoisotopic (exact) mass is 440 g/mol. The summed E-state index contributed by atoms with van der Waals surface area (Å²) in [7, 11) is -0.747. The van der Waals surface area contributed by atoms with Crippen LogP contribution in [0.15, 0.2) is 71.9 Å². The highest BCUT2D eigenvalue weighted by Gasteiger charge is 2.43. The van der Waals surface area contributed by atoms with Gasteiger partial charge in [0.1, 0.15) is 0 Å². The quantitative estimate of drug-likeness (QED) is 0.634. The van der Waals surface area contributed by atoms with Gasteiger partial charge in [-0.15, -0.1) is 0 Å². The van der Waals surface area contributed by atoms with Crippen LogP contribution in [0.3, 0.4) is 0 Å². The van der Waals surface area contributed by atoms with Crippen molar-refractivity contribution in [3.05, 3.63) is 83.7 Å². The predicted octanol–water partition coefficient (Wildman–Crippen LogP) is 2.95. The minimum atomic E-state index is -3.84. The molecule has 1 aliphatic rings. The summed E-state index contributed by atoms with van der Waals surface area (Å²) in [5.41, 5.74) is 1.94. The molecule has 0 bridgehead atoms. The molecule has 1 aromatic heterocycles. The van der Waals surface area contributed by atoms with Gasteiger partial charge in [0.25, 0.3) is 0 Å². The molecule has 7 nitrogen and oxygen atoms in total. The third-order valence-electron chi connectivity index (χ3n) is 5.56. The molecule has 3 aromatic rings. The number of hydrogen-bond acceptors (Lipinski definition) is 6. The Morgan fingerprint density at radius 2 is 1.74 bits per heavy atom. The molecule has 0 unspecified atom stereocenters. The van der Waals surface area contributed by atoms with Crippen LogP contribution in [-0.2, 0) is 23.0 Å². The van der Waals surface area contributed by atoms with Crippen LogP contribution >= 0.6 is 0 Å². The van der Waals surface area contributed by atoms with Crippen molar-refractivity contribution in [3.63, 3.8) is 0 Å². The Bertz CT molecular complexity index is 1170. The summed E-state index contributed by atoms with van der Waals surface area (Å²) < 4.78 is 39.4. The van der Waals surface area contributed by atoms with Gasteiger partial charge < -0.3 is 14.6 Å². The molecule has 1 N–H and O–H groups in total. The molecule has 8 heteroatoms. The molecule has 1 aliphatic heterocycles. The number of para-hydroxylation sites is 1. The number of benzene rings is 2. The topological polar surface area (TPSA) is 89.0 Å². The maximum atomic E-state index is 13.6. The maximum Gasteiger partial charge on any atom is 0.244 e. The van der Waals surface area contributed by atoms with Gasteiger partial charge in [-0.25, -0.2) is 8.42 Å². The largest absolute Gasteiger partial charge is 0.493 e. The van der Waals surface area contributed by atoms with E-state index in [0.29, 0.717) is 17.1 Å². The first-order valence-electron chi connectivity index (χ1n) is 9.85. The number of ether oxygens (including phenoxy) is 2. The Morgan fingerprint density at radius 3 is 2.45 bits per heavy atom. The van der Waals surface area contributed by atoms with E-state index in [9.17, 15) is 13.5 Å². The molecule has 31 heavy (non-hydrogen) atoms. The molecular formula is C23H24N2O5S. The van der Waals surface area contributed by atoms with Gasteiger partial charge in [0.2, 0.25) is 10.0 Å². The Balaban J connectivity index is 1.82. The lowest BCUT2D eigenvalue weighted by Crippen LogP contribution is -2.48. The van der Waals surface area contributed by atoms with Crippen LogP contribution in [0, 0.1) is 0 Å². The van der Waals surface area contributed by atoms with Crippen molar-refractivity contribution in [2.45, 2.75) is 30.0 Å². The van der Waals surface area contributed by atoms with Gasteiger partial charge in [-0.2, -0.15) is 4.31 Å². The van der Waals surface area contributed by atoms with Gasteiger partial charge in [-0.05, 0) is 41.8 Å². The molecule has 0 aliphatic carbocycles. The van der Waals surface area contributed by atoms with Gasteiger partial charge in [-0.3, -0.25) is 4.98 Å². The number of sulfonamides is 1. The number of methoxy groups -OCH3 is 2. The predicted molar refractivity (Wildman–Crippen MR) is 115 cm³/mol. The van der Waals surface area contributed by atoms with Crippen LogP contribution in [-0.4, -0.2) is 43.1 Å². The first kappa shape index (κ1) is 21.3. The van der Waals surface area contributed by atoms with E-state index in [1.54, 1.807) is 63.0 Å². The summed E-state index contributed by atoms with van der Waals surface area (Å²) in [6.45, 7) is 0.118. The van der Waals surface area contributed by atoms with E-state index in [4.69, 9.17) is 9.47 Å². The number of fused-ring (bicyclic) bond motifs is 1. The van der Waals surface area contributed by atoms with Crippen molar-refractivity contribution in [2.24, 2.45) is 0 Å². The number of pyridine rings is 1. The highest BCUT2D eigenvalue weighted by molar-refractivity contribution is 7.89. The Morgan fingerprint density at radius 1 is 1.00 bits per heavy atom. The van der Waals surface area contributed by atoms with E-state index in [1.165, 1.54) is 10.4 Å². The molecule has 0 amide bonds. The Hall–Kier alpha value is -2.94. The fraction of sp³-hybridized carbons (Fsp3) is 0.261. The maximum absolute atomic E-state index is 13.6. The van der Waals surface area contributed by atoms with Crippen LogP contribution < -0.4 is 9.47 Å². The van der Waals surface area contributed by atoms with E-state index < -0.39 is 22.2 Å². The van der Waals surface area contributed by atoms with Crippen molar-refractivity contribution >= 4 is 10.0 Å². The average Bonchev–Trinajstić information content (AvgIpc) is 2.80. The standard InChI is InChI=1S/C23H24N2O5S/c1-29-20-8-5-6-17(23(20)30-2)14-19-22(26)18-7-3-4-9-21(18)31(27,28)25(19)15-16-10-12-24-13-11-16/h3-13,19,22,26H,14-15H2,1-2H3/t19-,22-/m0/s1. The molecule has 162 valence electrons. The molecule has 0 saturated heterocycles. The summed E-state index contributed by atoms with van der Waals surface area (Å²) in [6.07, 6.45) is 2.49. The molecule has 0 spiro atoms. The zero-order chi connectivity index (χ0) is 22.0. The van der Waals surface area contributed by atoms with Crippen LogP contribution in [0.4, 0.5) is 0 Å². The molecule has 0 saturated carbocycles. The first-order valence-corrected chi connectivity index (χ1v) is 11.3. The molecule has 2 atom stereocenters. The van der Waals surface area contributed by atoms with E-state index in [1.807, 2.05) is 12.1 Å². The van der Waals surface area contributed by atoms with Crippen molar-refractivity contribution < 1.29 is 23.0 Å². The third kappa shape index (κ3) is 3.89. The summed E-state index contributed by atoms with van der Waals surface area (Å²) in [4.78, 5) is 4.14. The number of aliphatic hydroxyl groups is 1. The second kappa shape index (κ2) is 8.66. The third-order valence-corrected chi connectivity index (χ3v) is 7.50. The second-order valence-electron chi connectivity index (χ2n) is 7.31. The number of hydrogen-bond donors (Lipinski definition) is 1. The van der Waals surface area contributed by atoms with Gasteiger partial charge >= 0.3 is 0 Å². The van der Waals surface area contributed by atoms with Crippen LogP contribution in [0.1, 0.15) is 22.8 Å². The summed E-state index contributed by atoms with van der Waals surface area (Å²) in [5, 5.41) is 11.3. The SMILES string of the molecule is COc1cccc(C[C@H]2[C@@H](O)c3ccccc3S(=O)(=O)N2Cc2ccncc2)c1OC. The smallest absolute Gasteiger partial charge is 0.244 e. The van der Waals surface area contributed by atoms with Crippen molar-refractivity contribution in [2.75, 3.05) is 14.2 Å². The normalized spacial score (nSPS) is 20.1. The number of aliphatic hydroxyl groups excluding tert-OH is 1. The number of aromatic nitrogens is 1. The summed E-state index contributed by atoms with van der Waals surface area (Å²) >= 11 is 0. The lowest BCUT2D eigenvalue weighted by Gasteiger charge is -2.39. The zero-order valence-electron chi connectivity index (χ0n) is 17.3. The molecule has 2 heterocycles. The Labute approximate surface area is 181 Å². The summed E-state index contributed by atoms with van der Waals surface area (Å²) in [5.74, 6) is 1.08. The number of nitrogens with zero attached hydrogens (tertiary/aromatic N) is 2. The fourth-order valence-electron chi connectivity index (χ4n) is 4.05. The fourth-order valence-corrected chi connectivity index (χ4v) is 5.91. The molecule has 0 radical (unpaired) electrons. The van der Waals surface area contributed by atoms with Gasteiger partial charge in [0.05, 0.1) is 31.3 Å². The van der Waals surface area contributed by atoms with E-state index >= 15 is 0 Å². The lowest BCUT2D eigenvalue weighted by molar-refractivity contribution is 0.0765. The highest BCUT2D eigenvalue weighted by Crippen LogP contribution is 2.41. The summed E-state index contributed by atoms with van der Waals surface area (Å²) in [6, 6.07) is 14.9. The molecule has 0 fully saturated rings. The minimum absolute atomic E-state index is 0.118. The zero-order valence-corrected chi connectivity index (χ0v) is 18.1. The lowest BCUT2D eigenvalue weighted by atomic mass is 9.94. The van der Waals surface area contributed by atoms with Crippen molar-refractivity contribution in [1.29, 1.82) is 0 Å². The van der Waals surface area contributed by atoms with Gasteiger partial charge in [0, 0.05) is 24.5 Å².